The fraction of sp³-hybridized carbons (Fsp3) is 0.733. The Morgan fingerprint density at radius 2 is 2.14 bits per heavy atom. The third-order valence-corrected chi connectivity index (χ3v) is 3.87. The molecule has 0 aromatic carbocycles. The van der Waals surface area contributed by atoms with Crippen LogP contribution in [-0.4, -0.2) is 39.5 Å². The summed E-state index contributed by atoms with van der Waals surface area (Å²) < 4.78 is 7.13. The first kappa shape index (κ1) is 15.7. The number of carbonyl (C=O) groups excluding carboxylic acids is 1. The van der Waals surface area contributed by atoms with Crippen molar-refractivity contribution in [1.82, 2.24) is 14.7 Å². The summed E-state index contributed by atoms with van der Waals surface area (Å²) in [5, 5.41) is 4.47. The molecule has 2 N–H and O–H groups in total. The molecule has 0 bridgehead atoms. The van der Waals surface area contributed by atoms with Crippen molar-refractivity contribution in [1.29, 1.82) is 0 Å². The van der Waals surface area contributed by atoms with Crippen LogP contribution in [0, 0.1) is 5.92 Å². The van der Waals surface area contributed by atoms with Crippen LogP contribution in [0.25, 0.3) is 0 Å². The van der Waals surface area contributed by atoms with E-state index in [1.165, 1.54) is 0 Å². The molecule has 2 atom stereocenters. The van der Waals surface area contributed by atoms with E-state index in [0.717, 1.165) is 12.1 Å². The van der Waals surface area contributed by atoms with Crippen molar-refractivity contribution in [3.05, 3.63) is 11.8 Å². The van der Waals surface area contributed by atoms with Crippen LogP contribution in [0.1, 0.15) is 45.7 Å². The van der Waals surface area contributed by atoms with E-state index in [0.29, 0.717) is 30.7 Å². The number of hydrogen-bond donors (Lipinski definition) is 1. The number of anilines is 1. The molecule has 1 aromatic heterocycles. The molecule has 21 heavy (non-hydrogen) atoms. The lowest BCUT2D eigenvalue weighted by Crippen LogP contribution is -2.44. The maximum Gasteiger partial charge on any atom is 0.410 e. The van der Waals surface area contributed by atoms with Gasteiger partial charge in [0, 0.05) is 32.1 Å². The van der Waals surface area contributed by atoms with Gasteiger partial charge in [-0.05, 0) is 33.1 Å². The Morgan fingerprint density at radius 1 is 1.48 bits per heavy atom. The fourth-order valence-electron chi connectivity index (χ4n) is 2.76. The zero-order valence-electron chi connectivity index (χ0n) is 13.6. The predicted octanol–water partition coefficient (Wildman–Crippen LogP) is 2.36. The van der Waals surface area contributed by atoms with E-state index in [1.54, 1.807) is 9.58 Å². The second-order valence-corrected chi connectivity index (χ2v) is 6.92. The van der Waals surface area contributed by atoms with E-state index >= 15 is 0 Å². The Morgan fingerprint density at radius 3 is 2.62 bits per heavy atom. The van der Waals surface area contributed by atoms with E-state index in [2.05, 4.69) is 12.0 Å². The third kappa shape index (κ3) is 3.68. The minimum Gasteiger partial charge on any atom is -0.444 e. The van der Waals surface area contributed by atoms with Crippen LogP contribution in [0.15, 0.2) is 6.07 Å². The van der Waals surface area contributed by atoms with E-state index in [-0.39, 0.29) is 6.09 Å². The largest absolute Gasteiger partial charge is 0.444 e. The van der Waals surface area contributed by atoms with Gasteiger partial charge in [-0.3, -0.25) is 4.68 Å². The quantitative estimate of drug-likeness (QED) is 0.863. The Kier molecular flexibility index (Phi) is 4.16. The smallest absolute Gasteiger partial charge is 0.410 e. The van der Waals surface area contributed by atoms with Crippen LogP contribution in [0.5, 0.6) is 0 Å². The highest BCUT2D eigenvalue weighted by atomic mass is 16.6. The lowest BCUT2D eigenvalue weighted by atomic mass is 9.84. The Balaban J connectivity index is 2.00. The molecule has 0 saturated carbocycles. The lowest BCUT2D eigenvalue weighted by molar-refractivity contribution is 0.0153. The number of nitrogens with two attached hydrogens (primary N) is 1. The predicted molar refractivity (Wildman–Crippen MR) is 81.9 cm³/mol. The molecule has 0 radical (unpaired) electrons. The monoisotopic (exact) mass is 294 g/mol. The molecule has 1 amide bonds. The first-order valence-electron chi connectivity index (χ1n) is 7.44. The summed E-state index contributed by atoms with van der Waals surface area (Å²) in [6.45, 7) is 9.19. The number of piperidine rings is 1. The summed E-state index contributed by atoms with van der Waals surface area (Å²) in [6, 6.07) is 1.93. The molecule has 1 fully saturated rings. The van der Waals surface area contributed by atoms with Gasteiger partial charge in [0.05, 0.1) is 5.69 Å². The average molecular weight is 294 g/mol. The zero-order valence-corrected chi connectivity index (χ0v) is 13.6. The molecular formula is C15H26N4O2. The average Bonchev–Trinajstić information content (AvgIpc) is 2.67. The highest BCUT2D eigenvalue weighted by Gasteiger charge is 2.33. The third-order valence-electron chi connectivity index (χ3n) is 3.87. The Bertz CT molecular complexity index is 499. The van der Waals surface area contributed by atoms with Crippen LogP contribution in [0.2, 0.25) is 0 Å². The number of nitrogens with zero attached hydrogens (tertiary/aromatic N) is 3. The number of hydrogen-bond acceptors (Lipinski definition) is 4. The van der Waals surface area contributed by atoms with Crippen molar-refractivity contribution in [2.45, 2.75) is 45.6 Å². The van der Waals surface area contributed by atoms with Gasteiger partial charge in [0.2, 0.25) is 0 Å². The molecule has 1 aromatic rings. The summed E-state index contributed by atoms with van der Waals surface area (Å²) in [7, 11) is 1.85. The minimum atomic E-state index is -0.452. The zero-order chi connectivity index (χ0) is 15.8. The SMILES string of the molecule is CC1CN(C(=O)OC(C)(C)C)CCC1c1cc(N)n(C)n1. The Labute approximate surface area is 126 Å². The highest BCUT2D eigenvalue weighted by Crippen LogP contribution is 2.33. The molecule has 2 unspecified atom stereocenters. The second kappa shape index (κ2) is 5.58. The van der Waals surface area contributed by atoms with Gasteiger partial charge in [0.15, 0.2) is 0 Å². The van der Waals surface area contributed by atoms with Gasteiger partial charge in [0.25, 0.3) is 0 Å². The van der Waals surface area contributed by atoms with Gasteiger partial charge in [-0.15, -0.1) is 0 Å². The van der Waals surface area contributed by atoms with Gasteiger partial charge in [-0.25, -0.2) is 4.79 Å². The molecule has 0 spiro atoms. The first-order valence-corrected chi connectivity index (χ1v) is 7.44. The second-order valence-electron chi connectivity index (χ2n) is 6.92. The van der Waals surface area contributed by atoms with Crippen LogP contribution in [0.3, 0.4) is 0 Å². The molecule has 1 aliphatic heterocycles. The van der Waals surface area contributed by atoms with Crippen molar-refractivity contribution in [2.24, 2.45) is 13.0 Å². The summed E-state index contributed by atoms with van der Waals surface area (Å²) in [6.07, 6.45) is 0.657. The van der Waals surface area contributed by atoms with Crippen LogP contribution in [-0.2, 0) is 11.8 Å². The van der Waals surface area contributed by atoms with E-state index in [9.17, 15) is 4.79 Å². The topological polar surface area (TPSA) is 73.4 Å². The molecule has 0 aliphatic carbocycles. The molecule has 6 nitrogen and oxygen atoms in total. The van der Waals surface area contributed by atoms with Gasteiger partial charge < -0.3 is 15.4 Å². The standard InChI is InChI=1S/C15H26N4O2/c1-10-9-19(14(20)21-15(2,3)4)7-6-11(10)12-8-13(16)18(5)17-12/h8,10-11H,6-7,9,16H2,1-5H3. The highest BCUT2D eigenvalue weighted by molar-refractivity contribution is 5.68. The van der Waals surface area contributed by atoms with Gasteiger partial charge in [0.1, 0.15) is 11.4 Å². The number of rotatable bonds is 1. The van der Waals surface area contributed by atoms with Crippen LogP contribution >= 0.6 is 0 Å². The fourth-order valence-corrected chi connectivity index (χ4v) is 2.76. The molecular weight excluding hydrogens is 268 g/mol. The van der Waals surface area contributed by atoms with E-state index in [4.69, 9.17) is 10.5 Å². The van der Waals surface area contributed by atoms with E-state index in [1.807, 2.05) is 33.9 Å². The van der Waals surface area contributed by atoms with Crippen molar-refractivity contribution in [2.75, 3.05) is 18.8 Å². The number of amides is 1. The van der Waals surface area contributed by atoms with Crippen molar-refractivity contribution in [3.63, 3.8) is 0 Å². The molecule has 118 valence electrons. The van der Waals surface area contributed by atoms with Crippen LogP contribution < -0.4 is 5.73 Å². The maximum atomic E-state index is 12.1. The summed E-state index contributed by atoms with van der Waals surface area (Å²) >= 11 is 0. The molecule has 1 saturated heterocycles. The van der Waals surface area contributed by atoms with Crippen LogP contribution in [0.4, 0.5) is 10.6 Å². The Hall–Kier alpha value is -1.72. The normalized spacial score (nSPS) is 23.2. The summed E-state index contributed by atoms with van der Waals surface area (Å²) in [5.74, 6) is 1.35. The number of nitrogen functional groups attached to an aromatic ring is 1. The number of likely N-dealkylation sites (tertiary alicyclic amines) is 1. The van der Waals surface area contributed by atoms with Crippen molar-refractivity contribution < 1.29 is 9.53 Å². The number of ether oxygens (including phenoxy) is 1. The summed E-state index contributed by atoms with van der Waals surface area (Å²) in [5.41, 5.74) is 6.42. The molecule has 1 aliphatic rings. The molecule has 2 rings (SSSR count). The lowest BCUT2D eigenvalue weighted by Gasteiger charge is -2.36. The van der Waals surface area contributed by atoms with Gasteiger partial charge >= 0.3 is 6.09 Å². The maximum absolute atomic E-state index is 12.1. The molecule has 2 heterocycles. The minimum absolute atomic E-state index is 0.228. The van der Waals surface area contributed by atoms with Crippen molar-refractivity contribution in [3.8, 4) is 0 Å². The number of carbonyl (C=O) groups is 1. The van der Waals surface area contributed by atoms with Gasteiger partial charge in [-0.1, -0.05) is 6.92 Å². The molecule has 6 heteroatoms. The number of aromatic nitrogens is 2. The number of aryl methyl sites for hydroxylation is 1. The van der Waals surface area contributed by atoms with Crippen molar-refractivity contribution >= 4 is 11.9 Å². The first-order chi connectivity index (χ1) is 9.67. The summed E-state index contributed by atoms with van der Waals surface area (Å²) in [4.78, 5) is 13.9. The van der Waals surface area contributed by atoms with Gasteiger partial charge in [-0.2, -0.15) is 5.10 Å². The van der Waals surface area contributed by atoms with E-state index < -0.39 is 5.60 Å².